The van der Waals surface area contributed by atoms with Crippen molar-refractivity contribution in [1.29, 1.82) is 0 Å². The van der Waals surface area contributed by atoms with Crippen molar-refractivity contribution >= 4 is 50.9 Å². The third kappa shape index (κ3) is 16.2. The molecule has 0 radical (unpaired) electrons. The van der Waals surface area contributed by atoms with Gasteiger partial charge in [0.25, 0.3) is 0 Å². The molecule has 1 unspecified atom stereocenters. The molecule has 0 fully saturated rings. The summed E-state index contributed by atoms with van der Waals surface area (Å²) in [5.74, 6) is -2.68. The molecule has 0 bridgehead atoms. The Morgan fingerprint density at radius 3 is 1.80 bits per heavy atom. The van der Waals surface area contributed by atoms with Crippen LogP contribution in [0.25, 0.3) is 0 Å². The van der Waals surface area contributed by atoms with Crippen LogP contribution in [0.4, 0.5) is 0 Å². The van der Waals surface area contributed by atoms with E-state index in [1.807, 2.05) is 6.07 Å². The maximum atomic E-state index is 14.0. The number of ketones is 1. The first-order valence-corrected chi connectivity index (χ1v) is 19.0. The zero-order valence-electron chi connectivity index (χ0n) is 30.0. The topological polar surface area (TPSA) is 171 Å². The zero-order chi connectivity index (χ0) is 38.0. The molecule has 13 heteroatoms. The van der Waals surface area contributed by atoms with E-state index in [-0.39, 0.29) is 38.6 Å². The number of hydrogen-bond donors (Lipinski definition) is 2. The fraction of sp³-hybridized carbons (Fsp3) is 0.447. The van der Waals surface area contributed by atoms with Crippen molar-refractivity contribution in [3.63, 3.8) is 0 Å². The molecule has 2 aromatic rings. The summed E-state index contributed by atoms with van der Waals surface area (Å²) in [7, 11) is -2.59. The molecule has 0 aromatic heterocycles. The van der Waals surface area contributed by atoms with E-state index in [1.165, 1.54) is 17.7 Å². The van der Waals surface area contributed by atoms with Crippen LogP contribution in [0.2, 0.25) is 0 Å². The fourth-order valence-corrected chi connectivity index (χ4v) is 5.54. The Morgan fingerprint density at radius 1 is 0.745 bits per heavy atom. The van der Waals surface area contributed by atoms with Crippen LogP contribution < -0.4 is 10.6 Å². The minimum atomic E-state index is -2.59. The lowest BCUT2D eigenvalue weighted by molar-refractivity contribution is -0.151. The van der Waals surface area contributed by atoms with Gasteiger partial charge in [-0.15, -0.1) is 0 Å². The Morgan fingerprint density at radius 2 is 1.27 bits per heavy atom. The van der Waals surface area contributed by atoms with E-state index in [9.17, 15) is 33.0 Å². The minimum absolute atomic E-state index is 0.0274. The number of nitrogens with one attached hydrogen (secondary N) is 2. The number of rotatable bonds is 21. The number of carbonyl (C=O) groups excluding carboxylic acids is 6. The van der Waals surface area contributed by atoms with Crippen LogP contribution in [0.5, 0.6) is 0 Å². The summed E-state index contributed by atoms with van der Waals surface area (Å²) in [6.45, 7) is 6.96. The van der Waals surface area contributed by atoms with E-state index < -0.39 is 81.8 Å². The molecule has 0 aliphatic heterocycles. The van der Waals surface area contributed by atoms with Crippen LogP contribution in [0.3, 0.4) is 0 Å². The average Bonchev–Trinajstić information content (AvgIpc) is 3.07. The highest BCUT2D eigenvalue weighted by Gasteiger charge is 2.34. The molecule has 12 nitrogen and oxygen atoms in total. The lowest BCUT2D eigenvalue weighted by Gasteiger charge is -2.26. The summed E-state index contributed by atoms with van der Waals surface area (Å²) in [6.07, 6.45) is 1.41. The lowest BCUT2D eigenvalue weighted by Crippen LogP contribution is -2.44. The van der Waals surface area contributed by atoms with Crippen molar-refractivity contribution in [1.82, 2.24) is 10.6 Å². The quantitative estimate of drug-likeness (QED) is 0.109. The molecule has 51 heavy (non-hydrogen) atoms. The second-order valence-electron chi connectivity index (χ2n) is 12.5. The maximum absolute atomic E-state index is 14.0. The molecular weight excluding hydrogens is 676 g/mol. The van der Waals surface area contributed by atoms with Gasteiger partial charge in [-0.05, 0) is 51.7 Å². The molecule has 5 atom stereocenters. The Balaban J connectivity index is 2.32. The first-order valence-electron chi connectivity index (χ1n) is 16.8. The van der Waals surface area contributed by atoms with Gasteiger partial charge >= 0.3 is 17.9 Å². The molecule has 2 rings (SSSR count). The van der Waals surface area contributed by atoms with Gasteiger partial charge in [0.2, 0.25) is 11.8 Å². The van der Waals surface area contributed by atoms with Crippen molar-refractivity contribution in [2.75, 3.05) is 19.5 Å². The van der Waals surface area contributed by atoms with Crippen LogP contribution in [0.15, 0.2) is 72.1 Å². The molecule has 0 aliphatic rings. The van der Waals surface area contributed by atoms with Gasteiger partial charge in [-0.3, -0.25) is 33.0 Å². The van der Waals surface area contributed by atoms with Crippen LogP contribution in [0.1, 0.15) is 70.5 Å². The van der Waals surface area contributed by atoms with Gasteiger partial charge in [0.05, 0.1) is 44.4 Å². The van der Waals surface area contributed by atoms with Gasteiger partial charge in [0.1, 0.15) is 12.6 Å². The molecule has 2 aromatic carbocycles. The Labute approximate surface area is 300 Å². The molecule has 278 valence electrons. The summed E-state index contributed by atoms with van der Waals surface area (Å²) in [5, 5.41) is 6.79. The van der Waals surface area contributed by atoms with E-state index in [0.29, 0.717) is 5.56 Å². The fourth-order valence-electron chi connectivity index (χ4n) is 5.02. The van der Waals surface area contributed by atoms with Gasteiger partial charge in [0, 0.05) is 18.6 Å². The second kappa shape index (κ2) is 21.4. The zero-order valence-corrected chi connectivity index (χ0v) is 30.8. The molecule has 0 heterocycles. The third-order valence-electron chi connectivity index (χ3n) is 7.67. The molecular formula is C38H50N2O10S. The average molecular weight is 727 g/mol. The van der Waals surface area contributed by atoms with Crippen LogP contribution in [-0.2, 0) is 59.1 Å². The molecule has 2 amide bonds. The van der Waals surface area contributed by atoms with Crippen molar-refractivity contribution in [3.05, 3.63) is 83.3 Å². The number of hydrogen-bond acceptors (Lipinski definition) is 10. The summed E-state index contributed by atoms with van der Waals surface area (Å²) in [5.41, 5.74) is 1.17. The molecule has 0 spiro atoms. The van der Waals surface area contributed by atoms with E-state index >= 15 is 0 Å². The summed E-state index contributed by atoms with van der Waals surface area (Å²) < 4.78 is 27.6. The Bertz CT molecular complexity index is 1610. The van der Waals surface area contributed by atoms with E-state index in [0.717, 1.165) is 5.56 Å². The van der Waals surface area contributed by atoms with Crippen molar-refractivity contribution < 1.29 is 47.2 Å². The lowest BCUT2D eigenvalue weighted by atomic mass is 9.86. The maximum Gasteiger partial charge on any atom is 0.308 e. The summed E-state index contributed by atoms with van der Waals surface area (Å²) in [4.78, 5) is 79.0. The first kappa shape index (κ1) is 42.4. The third-order valence-corrected chi connectivity index (χ3v) is 8.40. The monoisotopic (exact) mass is 726 g/mol. The molecule has 2 N–H and O–H groups in total. The smallest absolute Gasteiger partial charge is 0.308 e. The van der Waals surface area contributed by atoms with Crippen LogP contribution in [0, 0.1) is 17.8 Å². The highest BCUT2D eigenvalue weighted by molar-refractivity contribution is 8.02. The number of amides is 2. The molecule has 0 saturated carbocycles. The Kier molecular flexibility index (Phi) is 17.8. The first-order chi connectivity index (χ1) is 24.1. The number of ether oxygens (including phenoxy) is 3. The number of carbonyl (C=O) groups is 6. The van der Waals surface area contributed by atoms with Crippen LogP contribution in [-0.4, -0.2) is 71.1 Å². The number of esters is 3. The highest BCUT2D eigenvalue weighted by atomic mass is 32.2. The van der Waals surface area contributed by atoms with Crippen molar-refractivity contribution in [2.24, 2.45) is 17.8 Å². The molecule has 0 aliphatic carbocycles. The van der Waals surface area contributed by atoms with Gasteiger partial charge in [-0.25, -0.2) is 0 Å². The SMILES string of the molecule is C=S(C)(=O)/C=C/[C@H](CC(=O)OCC)NC(=O)[C@@H](CC(=O)[C@@H](NC(=O)[C@H](CC(=O)OCC)CC(=O)OCc1ccccc1)c1ccccc1)C(C)C. The van der Waals surface area contributed by atoms with Gasteiger partial charge in [-0.2, -0.15) is 0 Å². The van der Waals surface area contributed by atoms with E-state index in [1.54, 1.807) is 82.3 Å². The highest BCUT2D eigenvalue weighted by Crippen LogP contribution is 2.24. The second-order valence-corrected chi connectivity index (χ2v) is 14.9. The molecule has 0 saturated heterocycles. The van der Waals surface area contributed by atoms with E-state index in [2.05, 4.69) is 16.5 Å². The Hall–Kier alpha value is -4.78. The summed E-state index contributed by atoms with van der Waals surface area (Å²) in [6, 6.07) is 15.2. The normalized spacial score (nSPS) is 14.7. The van der Waals surface area contributed by atoms with Crippen LogP contribution >= 0.6 is 0 Å². The van der Waals surface area contributed by atoms with Gasteiger partial charge in [0.15, 0.2) is 5.78 Å². The van der Waals surface area contributed by atoms with Gasteiger partial charge < -0.3 is 24.8 Å². The minimum Gasteiger partial charge on any atom is -0.466 e. The number of benzene rings is 2. The predicted octanol–water partition coefficient (Wildman–Crippen LogP) is 4.08. The summed E-state index contributed by atoms with van der Waals surface area (Å²) >= 11 is 0. The number of Topliss-reactive ketones (excluding diaryl/α,β-unsaturated/α-hetero) is 1. The largest absolute Gasteiger partial charge is 0.466 e. The van der Waals surface area contributed by atoms with Crippen molar-refractivity contribution in [3.8, 4) is 0 Å². The predicted molar refractivity (Wildman–Crippen MR) is 194 cm³/mol. The van der Waals surface area contributed by atoms with Crippen molar-refractivity contribution in [2.45, 2.75) is 72.1 Å². The standard InChI is InChI=1S/C38H50N2O10S/c1-7-48-33(42)21-29(22-34(43)50-25-27-15-11-9-12-16-27)37(45)40-36(28-17-13-10-14-18-28)32(41)24-31(26(3)4)38(46)39-30(19-20-51(5,6)47)23-35(44)49-8-2/h9-20,26,29-31,36H,5,7-8,21-25H2,1-4,6H3,(H,39,46)(H,40,45)/b20-19+/t29-,30-,31+,36+,51?/m1/s1. The van der Waals surface area contributed by atoms with E-state index in [4.69, 9.17) is 14.2 Å². The van der Waals surface area contributed by atoms with Gasteiger partial charge in [-0.1, -0.05) is 80.6 Å².